The number of nitrogens with one attached hydrogen (secondary N) is 1. The lowest BCUT2D eigenvalue weighted by Gasteiger charge is -2.22. The van der Waals surface area contributed by atoms with Gasteiger partial charge < -0.3 is 9.88 Å². The summed E-state index contributed by atoms with van der Waals surface area (Å²) in [4.78, 5) is 1.50. The highest BCUT2D eigenvalue weighted by Crippen LogP contribution is 2.30. The topological polar surface area (TPSA) is 60.6 Å². The van der Waals surface area contributed by atoms with Gasteiger partial charge in [-0.15, -0.1) is 10.2 Å². The molecule has 3 rings (SSSR count). The van der Waals surface area contributed by atoms with Crippen LogP contribution < -0.4 is 5.32 Å². The molecule has 6 heteroatoms. The van der Waals surface area contributed by atoms with Crippen LogP contribution in [0.15, 0.2) is 12.4 Å². The summed E-state index contributed by atoms with van der Waals surface area (Å²) < 4.78 is 2.18. The van der Waals surface area contributed by atoms with E-state index in [1.807, 2.05) is 0 Å². The van der Waals surface area contributed by atoms with Crippen molar-refractivity contribution in [3.63, 3.8) is 0 Å². The minimum Gasteiger partial charge on any atom is -0.346 e. The number of aryl methyl sites for hydroxylation is 2. The number of hydrogen-bond donors (Lipinski definition) is 1. The first-order chi connectivity index (χ1) is 9.26. The third-order valence-electron chi connectivity index (χ3n) is 3.64. The quantitative estimate of drug-likeness (QED) is 0.892. The van der Waals surface area contributed by atoms with Crippen LogP contribution in [0.3, 0.4) is 0 Å². The van der Waals surface area contributed by atoms with Crippen LogP contribution in [0.1, 0.15) is 42.8 Å². The third-order valence-corrected chi connectivity index (χ3v) is 3.64. The Morgan fingerprint density at radius 3 is 3.05 bits per heavy atom. The number of tetrazole rings is 1. The summed E-state index contributed by atoms with van der Waals surface area (Å²) in [6.07, 6.45) is 8.14. The van der Waals surface area contributed by atoms with Gasteiger partial charge in [0.25, 0.3) is 0 Å². The van der Waals surface area contributed by atoms with Gasteiger partial charge in [-0.05, 0) is 42.1 Å². The van der Waals surface area contributed by atoms with Gasteiger partial charge in [-0.1, -0.05) is 6.92 Å². The molecule has 0 amide bonds. The molecule has 0 bridgehead atoms. The fraction of sp³-hybridized carbons (Fsp3) is 0.615. The molecule has 0 aromatic carbocycles. The summed E-state index contributed by atoms with van der Waals surface area (Å²) in [7, 11) is 1.79. The smallest absolute Gasteiger partial charge is 0.194 e. The molecule has 0 aliphatic heterocycles. The Morgan fingerprint density at radius 1 is 1.42 bits per heavy atom. The van der Waals surface area contributed by atoms with Gasteiger partial charge in [0.2, 0.25) is 0 Å². The Bertz CT molecular complexity index is 555. The Hall–Kier alpha value is -1.69. The summed E-state index contributed by atoms with van der Waals surface area (Å²) in [6.45, 7) is 3.87. The molecule has 0 fully saturated rings. The van der Waals surface area contributed by atoms with E-state index in [9.17, 15) is 0 Å². The highest BCUT2D eigenvalue weighted by Gasteiger charge is 2.21. The molecule has 1 unspecified atom stereocenters. The van der Waals surface area contributed by atoms with Gasteiger partial charge in [0.05, 0.1) is 13.6 Å². The lowest BCUT2D eigenvalue weighted by Crippen LogP contribution is -2.23. The molecule has 0 saturated carbocycles. The first-order valence-corrected chi connectivity index (χ1v) is 6.91. The summed E-state index contributed by atoms with van der Waals surface area (Å²) in [5, 5.41) is 15.7. The van der Waals surface area contributed by atoms with E-state index < -0.39 is 0 Å². The summed E-state index contributed by atoms with van der Waals surface area (Å²) in [6, 6.07) is 0.504. The van der Waals surface area contributed by atoms with E-state index in [-0.39, 0.29) is 0 Å². The molecule has 1 atom stereocenters. The van der Waals surface area contributed by atoms with E-state index in [4.69, 9.17) is 0 Å². The lowest BCUT2D eigenvalue weighted by molar-refractivity contribution is 0.473. The van der Waals surface area contributed by atoms with Crippen molar-refractivity contribution in [2.75, 3.05) is 6.54 Å². The summed E-state index contributed by atoms with van der Waals surface area (Å²) in [5.41, 5.74) is 2.90. The molecular weight excluding hydrogens is 240 g/mol. The van der Waals surface area contributed by atoms with E-state index in [0.29, 0.717) is 12.6 Å². The Labute approximate surface area is 112 Å². The second-order valence-electron chi connectivity index (χ2n) is 5.11. The minimum atomic E-state index is 0.504. The first-order valence-electron chi connectivity index (χ1n) is 6.91. The lowest BCUT2D eigenvalue weighted by atomic mass is 9.91. The number of rotatable bonds is 4. The second-order valence-corrected chi connectivity index (χ2v) is 5.11. The van der Waals surface area contributed by atoms with Crippen LogP contribution in [0.5, 0.6) is 0 Å². The SMILES string of the molecule is CCNC1CCCc2cn(Cc3nnn(C)n3)cc21. The van der Waals surface area contributed by atoms with Crippen molar-refractivity contribution in [2.24, 2.45) is 7.05 Å². The molecule has 2 aromatic rings. The monoisotopic (exact) mass is 260 g/mol. The highest BCUT2D eigenvalue weighted by molar-refractivity contribution is 5.30. The van der Waals surface area contributed by atoms with Gasteiger partial charge in [0.1, 0.15) is 0 Å². The Balaban J connectivity index is 1.81. The maximum atomic E-state index is 4.23. The van der Waals surface area contributed by atoms with Crippen LogP contribution in [0.2, 0.25) is 0 Å². The fourth-order valence-electron chi connectivity index (χ4n) is 2.85. The zero-order valence-corrected chi connectivity index (χ0v) is 11.5. The van der Waals surface area contributed by atoms with Crippen molar-refractivity contribution in [2.45, 2.75) is 38.8 Å². The van der Waals surface area contributed by atoms with Gasteiger partial charge in [-0.3, -0.25) is 0 Å². The molecule has 102 valence electrons. The van der Waals surface area contributed by atoms with Gasteiger partial charge in [-0.25, -0.2) is 0 Å². The number of aromatic nitrogens is 5. The largest absolute Gasteiger partial charge is 0.346 e. The zero-order chi connectivity index (χ0) is 13.2. The average molecular weight is 260 g/mol. The maximum Gasteiger partial charge on any atom is 0.194 e. The second kappa shape index (κ2) is 5.13. The molecule has 19 heavy (non-hydrogen) atoms. The van der Waals surface area contributed by atoms with E-state index in [2.05, 4.69) is 44.6 Å². The van der Waals surface area contributed by atoms with Crippen molar-refractivity contribution in [3.05, 3.63) is 29.3 Å². The van der Waals surface area contributed by atoms with Crippen molar-refractivity contribution < 1.29 is 0 Å². The van der Waals surface area contributed by atoms with Crippen LogP contribution in [0.25, 0.3) is 0 Å². The standard InChI is InChI=1S/C13H20N6/c1-3-14-12-6-4-5-10-7-19(8-11(10)12)9-13-15-17-18(2)16-13/h7-8,12,14H,3-6,9H2,1-2H3. The molecule has 2 aromatic heterocycles. The molecule has 0 spiro atoms. The average Bonchev–Trinajstić information content (AvgIpc) is 2.97. The summed E-state index contributed by atoms with van der Waals surface area (Å²) >= 11 is 0. The molecule has 1 aliphatic carbocycles. The van der Waals surface area contributed by atoms with Crippen LogP contribution >= 0.6 is 0 Å². The number of hydrogen-bond acceptors (Lipinski definition) is 4. The van der Waals surface area contributed by atoms with E-state index in [1.54, 1.807) is 7.05 Å². The fourth-order valence-corrected chi connectivity index (χ4v) is 2.85. The van der Waals surface area contributed by atoms with Crippen molar-refractivity contribution in [1.29, 1.82) is 0 Å². The van der Waals surface area contributed by atoms with E-state index >= 15 is 0 Å². The molecule has 1 aliphatic rings. The van der Waals surface area contributed by atoms with Gasteiger partial charge >= 0.3 is 0 Å². The highest BCUT2D eigenvalue weighted by atomic mass is 15.6. The van der Waals surface area contributed by atoms with Gasteiger partial charge in [0, 0.05) is 18.4 Å². The molecular formula is C13H20N6. The molecule has 6 nitrogen and oxygen atoms in total. The maximum absolute atomic E-state index is 4.23. The van der Waals surface area contributed by atoms with Crippen LogP contribution in [-0.2, 0) is 20.0 Å². The number of fused-ring (bicyclic) bond motifs is 1. The van der Waals surface area contributed by atoms with E-state index in [1.165, 1.54) is 35.2 Å². The molecule has 0 radical (unpaired) electrons. The molecule has 2 heterocycles. The van der Waals surface area contributed by atoms with E-state index in [0.717, 1.165) is 12.4 Å². The van der Waals surface area contributed by atoms with Gasteiger partial charge in [0.15, 0.2) is 5.82 Å². The Morgan fingerprint density at radius 2 is 2.32 bits per heavy atom. The normalized spacial score (nSPS) is 18.5. The van der Waals surface area contributed by atoms with Crippen LogP contribution in [0.4, 0.5) is 0 Å². The molecule has 1 N–H and O–H groups in total. The van der Waals surface area contributed by atoms with Crippen molar-refractivity contribution >= 4 is 0 Å². The molecule has 0 saturated heterocycles. The van der Waals surface area contributed by atoms with Crippen LogP contribution in [0, 0.1) is 0 Å². The number of nitrogens with zero attached hydrogens (tertiary/aromatic N) is 5. The van der Waals surface area contributed by atoms with Crippen molar-refractivity contribution in [1.82, 2.24) is 30.1 Å². The predicted octanol–water partition coefficient (Wildman–Crippen LogP) is 1.05. The van der Waals surface area contributed by atoms with Crippen molar-refractivity contribution in [3.8, 4) is 0 Å². The summed E-state index contributed by atoms with van der Waals surface area (Å²) in [5.74, 6) is 0.759. The Kier molecular flexibility index (Phi) is 3.33. The van der Waals surface area contributed by atoms with Crippen LogP contribution in [-0.4, -0.2) is 31.3 Å². The third kappa shape index (κ3) is 2.53. The minimum absolute atomic E-state index is 0.504. The predicted molar refractivity (Wildman–Crippen MR) is 71.7 cm³/mol. The first kappa shape index (κ1) is 12.3. The zero-order valence-electron chi connectivity index (χ0n) is 11.5. The van der Waals surface area contributed by atoms with Gasteiger partial charge in [-0.2, -0.15) is 4.80 Å².